The fraction of sp³-hybridized carbons (Fsp3) is 0.556. The smallest absolute Gasteiger partial charge is 0.293 e. The minimum absolute atomic E-state index is 0.00196. The van der Waals surface area contributed by atoms with Crippen LogP contribution in [0.5, 0.6) is 0 Å². The molecule has 1 aliphatic heterocycles. The van der Waals surface area contributed by atoms with Crippen LogP contribution >= 0.6 is 0 Å². The number of nitrogens with one attached hydrogen (secondary N) is 2. The number of amides is 2. The van der Waals surface area contributed by atoms with E-state index in [1.54, 1.807) is 24.1 Å². The molecule has 0 atom stereocenters. The molecule has 10 heteroatoms. The van der Waals surface area contributed by atoms with Crippen molar-refractivity contribution in [1.82, 2.24) is 15.5 Å². The summed E-state index contributed by atoms with van der Waals surface area (Å²) in [6.45, 7) is 5.83. The van der Waals surface area contributed by atoms with E-state index in [9.17, 15) is 19.7 Å². The molecule has 10 nitrogen and oxygen atoms in total. The number of nitrogens with zero attached hydrogens (tertiary/aromatic N) is 3. The number of hydrogen-bond donors (Lipinski definition) is 2. The number of hydrogen-bond acceptors (Lipinski definition) is 7. The van der Waals surface area contributed by atoms with Gasteiger partial charge in [0.25, 0.3) is 11.6 Å². The number of nitro groups is 1. The normalized spacial score (nSPS) is 14.1. The van der Waals surface area contributed by atoms with Gasteiger partial charge in [-0.15, -0.1) is 0 Å². The average molecular weight is 393 g/mol. The molecule has 0 saturated carbocycles. The number of carbonyl (C=O) groups is 2. The fourth-order valence-electron chi connectivity index (χ4n) is 3.01. The Morgan fingerprint density at radius 2 is 1.89 bits per heavy atom. The van der Waals surface area contributed by atoms with Crippen molar-refractivity contribution < 1.29 is 19.2 Å². The molecule has 0 spiro atoms. The molecular formula is C18H27N5O5. The summed E-state index contributed by atoms with van der Waals surface area (Å²) in [5.41, 5.74) is 0.600. The van der Waals surface area contributed by atoms with Crippen molar-refractivity contribution in [3.63, 3.8) is 0 Å². The summed E-state index contributed by atoms with van der Waals surface area (Å²) in [6.07, 6.45) is 0. The van der Waals surface area contributed by atoms with Crippen LogP contribution in [-0.4, -0.2) is 81.2 Å². The molecule has 1 saturated heterocycles. The van der Waals surface area contributed by atoms with Crippen molar-refractivity contribution in [1.29, 1.82) is 0 Å². The summed E-state index contributed by atoms with van der Waals surface area (Å²) in [6, 6.07) is 4.50. The van der Waals surface area contributed by atoms with Gasteiger partial charge in [-0.05, 0) is 12.1 Å². The Morgan fingerprint density at radius 1 is 1.18 bits per heavy atom. The Balaban J connectivity index is 1.99. The molecule has 154 valence electrons. The lowest BCUT2D eigenvalue weighted by molar-refractivity contribution is -0.384. The van der Waals surface area contributed by atoms with Crippen molar-refractivity contribution >= 4 is 23.2 Å². The number of anilines is 1. The van der Waals surface area contributed by atoms with Gasteiger partial charge in [0.2, 0.25) is 5.91 Å². The van der Waals surface area contributed by atoms with Crippen LogP contribution in [-0.2, 0) is 9.53 Å². The molecule has 0 aromatic heterocycles. The highest BCUT2D eigenvalue weighted by molar-refractivity contribution is 5.95. The zero-order valence-electron chi connectivity index (χ0n) is 16.3. The Hall–Kier alpha value is -2.72. The van der Waals surface area contributed by atoms with Crippen molar-refractivity contribution in [2.45, 2.75) is 6.92 Å². The van der Waals surface area contributed by atoms with Gasteiger partial charge in [-0.3, -0.25) is 19.7 Å². The first-order valence-electron chi connectivity index (χ1n) is 9.20. The average Bonchev–Trinajstić information content (AvgIpc) is 2.70. The molecule has 28 heavy (non-hydrogen) atoms. The zero-order chi connectivity index (χ0) is 20.5. The molecule has 1 fully saturated rings. The van der Waals surface area contributed by atoms with Crippen LogP contribution in [0.1, 0.15) is 17.3 Å². The van der Waals surface area contributed by atoms with Gasteiger partial charge in [0.15, 0.2) is 0 Å². The molecule has 1 aromatic rings. The largest absolute Gasteiger partial charge is 0.383 e. The van der Waals surface area contributed by atoms with Gasteiger partial charge in [0.05, 0.1) is 11.5 Å². The van der Waals surface area contributed by atoms with E-state index < -0.39 is 4.92 Å². The van der Waals surface area contributed by atoms with E-state index in [1.807, 2.05) is 4.90 Å². The summed E-state index contributed by atoms with van der Waals surface area (Å²) in [7, 11) is 1.61. The van der Waals surface area contributed by atoms with E-state index in [2.05, 4.69) is 10.6 Å². The Morgan fingerprint density at radius 3 is 2.50 bits per heavy atom. The molecule has 1 aliphatic rings. The quantitative estimate of drug-likeness (QED) is 0.350. The van der Waals surface area contributed by atoms with Crippen LogP contribution < -0.4 is 15.5 Å². The van der Waals surface area contributed by atoms with Crippen LogP contribution in [0, 0.1) is 10.1 Å². The monoisotopic (exact) mass is 393 g/mol. The first kappa shape index (κ1) is 21.6. The minimum atomic E-state index is -0.476. The van der Waals surface area contributed by atoms with Crippen LogP contribution in [0.3, 0.4) is 0 Å². The van der Waals surface area contributed by atoms with Crippen LogP contribution in [0.4, 0.5) is 11.4 Å². The molecule has 2 rings (SSSR count). The number of rotatable bonds is 9. The summed E-state index contributed by atoms with van der Waals surface area (Å²) in [5, 5.41) is 17.4. The van der Waals surface area contributed by atoms with E-state index in [1.165, 1.54) is 13.0 Å². The van der Waals surface area contributed by atoms with Crippen molar-refractivity contribution in [3.05, 3.63) is 33.9 Å². The van der Waals surface area contributed by atoms with E-state index >= 15 is 0 Å². The number of benzene rings is 1. The van der Waals surface area contributed by atoms with Crippen LogP contribution in [0.2, 0.25) is 0 Å². The third kappa shape index (κ3) is 5.89. The van der Waals surface area contributed by atoms with Gasteiger partial charge in [0, 0.05) is 71.5 Å². The lowest BCUT2D eigenvalue weighted by Crippen LogP contribution is -2.48. The lowest BCUT2D eigenvalue weighted by atomic mass is 10.1. The number of nitro benzene ring substituents is 1. The first-order valence-corrected chi connectivity index (χ1v) is 9.20. The fourth-order valence-corrected chi connectivity index (χ4v) is 3.01. The third-order valence-corrected chi connectivity index (χ3v) is 4.57. The maximum Gasteiger partial charge on any atom is 0.293 e. The van der Waals surface area contributed by atoms with Gasteiger partial charge in [-0.25, -0.2) is 0 Å². The molecule has 2 amide bonds. The molecule has 1 heterocycles. The molecule has 0 radical (unpaired) electrons. The Kier molecular flexibility index (Phi) is 8.15. The Bertz CT molecular complexity index is 704. The maximum absolute atomic E-state index is 12.3. The number of ether oxygens (including phenoxy) is 1. The van der Waals surface area contributed by atoms with E-state index in [-0.39, 0.29) is 23.1 Å². The highest BCUT2D eigenvalue weighted by atomic mass is 16.6. The molecule has 1 aromatic carbocycles. The van der Waals surface area contributed by atoms with Gasteiger partial charge < -0.3 is 25.2 Å². The summed E-state index contributed by atoms with van der Waals surface area (Å²) in [5.74, 6) is -0.359. The van der Waals surface area contributed by atoms with Crippen molar-refractivity contribution in [2.24, 2.45) is 0 Å². The maximum atomic E-state index is 12.3. The molecule has 0 aliphatic carbocycles. The summed E-state index contributed by atoms with van der Waals surface area (Å²) >= 11 is 0. The third-order valence-electron chi connectivity index (χ3n) is 4.57. The van der Waals surface area contributed by atoms with Gasteiger partial charge in [-0.2, -0.15) is 0 Å². The zero-order valence-corrected chi connectivity index (χ0v) is 16.3. The predicted octanol–water partition coefficient (Wildman–Crippen LogP) is 0.229. The van der Waals surface area contributed by atoms with E-state index in [0.717, 1.165) is 0 Å². The van der Waals surface area contributed by atoms with Gasteiger partial charge in [-0.1, -0.05) is 0 Å². The topological polar surface area (TPSA) is 117 Å². The van der Waals surface area contributed by atoms with Crippen LogP contribution in [0.15, 0.2) is 18.2 Å². The number of methoxy groups -OCH3 is 1. The highest BCUT2D eigenvalue weighted by Gasteiger charge is 2.25. The SMILES string of the molecule is COCCNCCNC(=O)c1ccc(N2CCN(C(C)=O)CC2)c([N+](=O)[O-])c1. The summed E-state index contributed by atoms with van der Waals surface area (Å²) < 4.78 is 4.92. The first-order chi connectivity index (χ1) is 13.4. The molecule has 0 bridgehead atoms. The number of carbonyl (C=O) groups excluding carboxylic acids is 2. The minimum Gasteiger partial charge on any atom is -0.383 e. The second kappa shape index (κ2) is 10.6. The predicted molar refractivity (Wildman–Crippen MR) is 105 cm³/mol. The summed E-state index contributed by atoms with van der Waals surface area (Å²) in [4.78, 5) is 38.4. The lowest BCUT2D eigenvalue weighted by Gasteiger charge is -2.35. The number of piperazine rings is 1. The molecular weight excluding hydrogens is 366 g/mol. The van der Waals surface area contributed by atoms with E-state index in [4.69, 9.17) is 4.74 Å². The van der Waals surface area contributed by atoms with E-state index in [0.29, 0.717) is 58.1 Å². The second-order valence-electron chi connectivity index (χ2n) is 6.45. The van der Waals surface area contributed by atoms with Crippen molar-refractivity contribution in [2.75, 3.05) is 64.4 Å². The standard InChI is InChI=1S/C18H27N5O5/c1-14(24)21-8-10-22(11-9-21)16-4-3-15(13-17(16)23(26)27)18(25)20-6-5-19-7-12-28-2/h3-4,13,19H,5-12H2,1-2H3,(H,20,25). The molecule has 2 N–H and O–H groups in total. The molecule has 0 unspecified atom stereocenters. The highest BCUT2D eigenvalue weighted by Crippen LogP contribution is 2.30. The second-order valence-corrected chi connectivity index (χ2v) is 6.45. The van der Waals surface area contributed by atoms with Crippen LogP contribution in [0.25, 0.3) is 0 Å². The van der Waals surface area contributed by atoms with Gasteiger partial charge >= 0.3 is 0 Å². The van der Waals surface area contributed by atoms with Gasteiger partial charge in [0.1, 0.15) is 5.69 Å². The van der Waals surface area contributed by atoms with Crippen molar-refractivity contribution in [3.8, 4) is 0 Å². The Labute approximate surface area is 164 Å².